The van der Waals surface area contributed by atoms with E-state index < -0.39 is 26.6 Å². The number of esters is 1. The molecule has 0 aromatic heterocycles. The van der Waals surface area contributed by atoms with Gasteiger partial charge < -0.3 is 28.5 Å². The number of hydrogen-bond donors (Lipinski definition) is 1. The Morgan fingerprint density at radius 1 is 0.424 bits per heavy atom. The minimum Gasteiger partial charge on any atom is -0.756 e. The number of quaternary nitrogens is 1. The highest BCUT2D eigenvalue weighted by Gasteiger charge is 2.27. The van der Waals surface area contributed by atoms with Gasteiger partial charge in [-0.25, -0.2) is 0 Å². The predicted octanol–water partition coefficient (Wildman–Crippen LogP) is 21.8. The fourth-order valence-electron chi connectivity index (χ4n) is 9.79. The summed E-state index contributed by atoms with van der Waals surface area (Å²) in [6, 6.07) is -0.903. The first-order valence-corrected chi connectivity index (χ1v) is 36.7. The Morgan fingerprint density at radius 3 is 1.15 bits per heavy atom. The summed E-state index contributed by atoms with van der Waals surface area (Å²) < 4.78 is 30.5. The van der Waals surface area contributed by atoms with Crippen molar-refractivity contribution in [1.82, 2.24) is 5.32 Å². The van der Waals surface area contributed by atoms with Crippen LogP contribution in [-0.2, 0) is 27.9 Å². The quantitative estimate of drug-likeness (QED) is 0.0212. The highest BCUT2D eigenvalue weighted by molar-refractivity contribution is 7.45. The van der Waals surface area contributed by atoms with E-state index in [0.29, 0.717) is 17.4 Å². The van der Waals surface area contributed by atoms with Crippen molar-refractivity contribution in [1.29, 1.82) is 0 Å². The zero-order valence-corrected chi connectivity index (χ0v) is 56.9. The Labute approximate surface area is 525 Å². The van der Waals surface area contributed by atoms with E-state index in [1.807, 2.05) is 33.3 Å². The molecule has 0 rings (SSSR count). The topological polar surface area (TPSA) is 114 Å². The Morgan fingerprint density at radius 2 is 0.753 bits per heavy atom. The molecular formula is C75H133N2O7P. The third-order valence-corrected chi connectivity index (χ3v) is 16.2. The number of phosphoric ester groups is 1. The van der Waals surface area contributed by atoms with E-state index in [1.165, 1.54) is 141 Å². The second-order valence-corrected chi connectivity index (χ2v) is 26.1. The fraction of sp³-hybridized carbons (Fsp3) is 0.733. The fourth-order valence-corrected chi connectivity index (χ4v) is 10.5. The van der Waals surface area contributed by atoms with Gasteiger partial charge >= 0.3 is 5.97 Å². The van der Waals surface area contributed by atoms with E-state index in [1.54, 1.807) is 0 Å². The van der Waals surface area contributed by atoms with Gasteiger partial charge in [-0.05, 0) is 115 Å². The summed E-state index contributed by atoms with van der Waals surface area (Å²) in [6.45, 7) is 6.71. The third-order valence-electron chi connectivity index (χ3n) is 15.2. The molecule has 490 valence electrons. The molecule has 0 fully saturated rings. The van der Waals surface area contributed by atoms with Gasteiger partial charge in [-0.2, -0.15) is 0 Å². The van der Waals surface area contributed by atoms with E-state index in [0.717, 1.165) is 128 Å². The summed E-state index contributed by atoms with van der Waals surface area (Å²) in [5.74, 6) is -0.555. The van der Waals surface area contributed by atoms with Crippen LogP contribution in [0, 0.1) is 0 Å². The number of hydrogen-bond acceptors (Lipinski definition) is 7. The van der Waals surface area contributed by atoms with Crippen molar-refractivity contribution in [3.8, 4) is 0 Å². The molecule has 0 aliphatic heterocycles. The van der Waals surface area contributed by atoms with Crippen LogP contribution in [-0.4, -0.2) is 69.4 Å². The summed E-state index contributed by atoms with van der Waals surface area (Å²) in [7, 11) is 1.17. The summed E-state index contributed by atoms with van der Waals surface area (Å²) in [5, 5.41) is 3.04. The van der Waals surface area contributed by atoms with Crippen molar-refractivity contribution in [2.75, 3.05) is 40.9 Å². The molecule has 3 atom stereocenters. The third kappa shape index (κ3) is 65.0. The molecule has 9 nitrogen and oxygen atoms in total. The number of amides is 1. The Kier molecular flexibility index (Phi) is 61.2. The number of nitrogens with one attached hydrogen (secondary N) is 1. The van der Waals surface area contributed by atoms with Crippen LogP contribution in [0.3, 0.4) is 0 Å². The van der Waals surface area contributed by atoms with Crippen LogP contribution in [0.1, 0.15) is 303 Å². The summed E-state index contributed by atoms with van der Waals surface area (Å²) in [4.78, 5) is 40.2. The van der Waals surface area contributed by atoms with Gasteiger partial charge in [0.25, 0.3) is 7.82 Å². The number of phosphoric acid groups is 1. The van der Waals surface area contributed by atoms with Gasteiger partial charge in [0, 0.05) is 12.8 Å². The first kappa shape index (κ1) is 81.7. The van der Waals surface area contributed by atoms with Gasteiger partial charge in [0.15, 0.2) is 0 Å². The van der Waals surface area contributed by atoms with Crippen molar-refractivity contribution < 1.29 is 37.3 Å². The van der Waals surface area contributed by atoms with E-state index in [9.17, 15) is 19.0 Å². The molecule has 0 saturated carbocycles. The lowest BCUT2D eigenvalue weighted by atomic mass is 10.0. The standard InChI is InChI=1S/C75H133N2O7P/c1-7-10-13-16-19-22-25-28-30-32-34-36-37-38-39-41-43-45-47-50-53-56-59-62-65-68-75(79)84-73(66-63-60-57-54-51-48-27-24-21-18-15-12-9-3)72(71-83-85(80,81)82-70-69-77(4,5)6)76-74(78)67-64-61-58-55-52-49-46-44-42-40-35-33-31-29-26-23-20-17-14-11-8-2/h10,13,19-20,22-23,28-31,34-36,38-40,63,66,72-73H,7-9,11-12,14-18,21,24-27,32-33,37,41-62,64-65,67-71H2,1-6H3,(H-,76,78,80,81)/b13-10-,22-19-,23-20-,30-28-,31-29-,36-34-,39-38-,40-35-,66-63+. The van der Waals surface area contributed by atoms with Crippen LogP contribution >= 0.6 is 7.82 Å². The number of carbonyl (C=O) groups is 2. The maximum atomic E-state index is 13.6. The molecule has 10 heteroatoms. The molecule has 1 amide bonds. The number of rotatable bonds is 63. The second-order valence-electron chi connectivity index (χ2n) is 24.6. The van der Waals surface area contributed by atoms with E-state index >= 15 is 0 Å². The first-order valence-electron chi connectivity index (χ1n) is 35.2. The van der Waals surface area contributed by atoms with Crippen molar-refractivity contribution >= 4 is 19.7 Å². The zero-order chi connectivity index (χ0) is 62.1. The van der Waals surface area contributed by atoms with Gasteiger partial charge in [0.05, 0.1) is 33.8 Å². The number of nitrogens with zero attached hydrogens (tertiary/aromatic N) is 1. The molecule has 0 aromatic carbocycles. The lowest BCUT2D eigenvalue weighted by molar-refractivity contribution is -0.870. The van der Waals surface area contributed by atoms with E-state index in [-0.39, 0.29) is 24.9 Å². The summed E-state index contributed by atoms with van der Waals surface area (Å²) >= 11 is 0. The van der Waals surface area contributed by atoms with Crippen molar-refractivity contribution in [3.63, 3.8) is 0 Å². The lowest BCUT2D eigenvalue weighted by Gasteiger charge is -2.30. The SMILES string of the molecule is CC/C=C\C/C=C\C/C=C\C/C=C\C/C=C\CCCCCCCCCCCC(=O)OC(/C=C/CCCCCCCCCCCCC)C(COP(=O)([O-])OCC[N+](C)(C)C)NC(=O)CCCCCCCCCC/C=C\C/C=C\C/C=C\CCCCC. The molecule has 0 aliphatic rings. The Hall–Kier alpha value is -3.33. The van der Waals surface area contributed by atoms with Crippen molar-refractivity contribution in [2.24, 2.45) is 0 Å². The average Bonchev–Trinajstić information content (AvgIpc) is 3.48. The van der Waals surface area contributed by atoms with Crippen molar-refractivity contribution in [2.45, 2.75) is 315 Å². The summed E-state index contributed by atoms with van der Waals surface area (Å²) in [5.41, 5.74) is 0. The van der Waals surface area contributed by atoms with E-state index in [2.05, 4.69) is 123 Å². The number of carbonyl (C=O) groups excluding carboxylic acids is 2. The smallest absolute Gasteiger partial charge is 0.306 e. The maximum Gasteiger partial charge on any atom is 0.306 e. The zero-order valence-electron chi connectivity index (χ0n) is 56.0. The van der Waals surface area contributed by atoms with E-state index in [4.69, 9.17) is 13.8 Å². The van der Waals surface area contributed by atoms with Crippen LogP contribution in [0.2, 0.25) is 0 Å². The van der Waals surface area contributed by atoms with Crippen LogP contribution in [0.15, 0.2) is 109 Å². The van der Waals surface area contributed by atoms with Gasteiger partial charge in [-0.1, -0.05) is 285 Å². The van der Waals surface area contributed by atoms with Gasteiger partial charge in [-0.15, -0.1) is 0 Å². The molecule has 3 unspecified atom stereocenters. The van der Waals surface area contributed by atoms with Gasteiger partial charge in [0.2, 0.25) is 5.91 Å². The minimum absolute atomic E-state index is 0.0295. The number of ether oxygens (including phenoxy) is 1. The van der Waals surface area contributed by atoms with Crippen LogP contribution in [0.4, 0.5) is 0 Å². The molecule has 0 aliphatic carbocycles. The Balaban J connectivity index is 5.16. The molecule has 1 N–H and O–H groups in total. The highest BCUT2D eigenvalue weighted by atomic mass is 31.2. The second kappa shape index (κ2) is 63.7. The molecule has 0 spiro atoms. The molecule has 0 bridgehead atoms. The van der Waals surface area contributed by atoms with Gasteiger partial charge in [0.1, 0.15) is 19.3 Å². The average molecular weight is 1210 g/mol. The molecule has 0 radical (unpaired) electrons. The number of likely N-dealkylation sites (N-methyl/N-ethyl adjacent to an activating group) is 1. The summed E-state index contributed by atoms with van der Waals surface area (Å²) in [6.07, 6.45) is 87.7. The first-order chi connectivity index (χ1) is 41.4. The van der Waals surface area contributed by atoms with Gasteiger partial charge in [-0.3, -0.25) is 14.2 Å². The molecular weight excluding hydrogens is 1070 g/mol. The number of allylic oxidation sites excluding steroid dienone is 17. The predicted molar refractivity (Wildman–Crippen MR) is 367 cm³/mol. The Bertz CT molecular complexity index is 1820. The van der Waals surface area contributed by atoms with Crippen LogP contribution in [0.5, 0.6) is 0 Å². The molecule has 0 aromatic rings. The molecule has 85 heavy (non-hydrogen) atoms. The number of unbranched alkanes of at least 4 members (excludes halogenated alkanes) is 31. The highest BCUT2D eigenvalue weighted by Crippen LogP contribution is 2.38. The van der Waals surface area contributed by atoms with Crippen LogP contribution in [0.25, 0.3) is 0 Å². The monoisotopic (exact) mass is 1200 g/mol. The normalized spacial score (nSPS) is 14.2. The largest absolute Gasteiger partial charge is 0.756 e. The van der Waals surface area contributed by atoms with Crippen molar-refractivity contribution in [3.05, 3.63) is 109 Å². The molecule has 0 saturated heterocycles. The van der Waals surface area contributed by atoms with Crippen LogP contribution < -0.4 is 10.2 Å². The lowest BCUT2D eigenvalue weighted by Crippen LogP contribution is -2.47. The minimum atomic E-state index is -4.72. The maximum absolute atomic E-state index is 13.6. The molecule has 0 heterocycles.